The predicted octanol–water partition coefficient (Wildman–Crippen LogP) is 3.76. The van der Waals surface area contributed by atoms with Gasteiger partial charge in [0.25, 0.3) is 0 Å². The molecule has 2 aromatic rings. The maximum Gasteiger partial charge on any atom is 0.121 e. The van der Waals surface area contributed by atoms with Crippen molar-refractivity contribution in [2.75, 3.05) is 19.5 Å². The summed E-state index contributed by atoms with van der Waals surface area (Å²) in [5.41, 5.74) is 3.18. The Morgan fingerprint density at radius 3 is 2.06 bits per heavy atom. The Kier molecular flexibility index (Phi) is 3.72. The summed E-state index contributed by atoms with van der Waals surface area (Å²) in [5, 5.41) is 3.34. The molecule has 0 heterocycles. The molecule has 2 rings (SSSR count). The highest BCUT2D eigenvalue weighted by Gasteiger charge is 2.00. The van der Waals surface area contributed by atoms with Crippen LogP contribution in [0.25, 0.3) is 0 Å². The van der Waals surface area contributed by atoms with E-state index in [0.717, 1.165) is 28.4 Å². The summed E-state index contributed by atoms with van der Waals surface area (Å²) in [6.45, 7) is 2.03. The van der Waals surface area contributed by atoms with Crippen LogP contribution in [0.15, 0.2) is 42.5 Å². The molecule has 2 aromatic carbocycles. The van der Waals surface area contributed by atoms with Gasteiger partial charge in [-0.1, -0.05) is 0 Å². The minimum atomic E-state index is 0.853. The predicted molar refractivity (Wildman–Crippen MR) is 74.0 cm³/mol. The largest absolute Gasteiger partial charge is 0.497 e. The van der Waals surface area contributed by atoms with Gasteiger partial charge in [-0.2, -0.15) is 0 Å². The smallest absolute Gasteiger partial charge is 0.121 e. The number of anilines is 2. The number of hydrogen-bond donors (Lipinski definition) is 1. The lowest BCUT2D eigenvalue weighted by Crippen LogP contribution is -1.93. The van der Waals surface area contributed by atoms with Crippen LogP contribution in [0, 0.1) is 6.92 Å². The number of ether oxygens (including phenoxy) is 2. The van der Waals surface area contributed by atoms with Crippen molar-refractivity contribution in [2.24, 2.45) is 0 Å². The molecule has 0 spiro atoms. The van der Waals surface area contributed by atoms with Crippen molar-refractivity contribution in [3.8, 4) is 11.5 Å². The highest BCUT2D eigenvalue weighted by atomic mass is 16.5. The van der Waals surface area contributed by atoms with E-state index in [1.807, 2.05) is 43.3 Å². The van der Waals surface area contributed by atoms with Gasteiger partial charge in [0.2, 0.25) is 0 Å². The minimum absolute atomic E-state index is 0.853. The molecule has 0 aliphatic heterocycles. The third kappa shape index (κ3) is 2.74. The monoisotopic (exact) mass is 243 g/mol. The van der Waals surface area contributed by atoms with Crippen LogP contribution in [-0.4, -0.2) is 14.2 Å². The molecule has 0 unspecified atom stereocenters. The van der Waals surface area contributed by atoms with E-state index < -0.39 is 0 Å². The molecule has 0 saturated carbocycles. The molecule has 0 aromatic heterocycles. The molecule has 0 saturated heterocycles. The molecule has 3 heteroatoms. The molecule has 0 fully saturated rings. The summed E-state index contributed by atoms with van der Waals surface area (Å²) < 4.78 is 10.4. The third-order valence-electron chi connectivity index (χ3n) is 2.77. The lowest BCUT2D eigenvalue weighted by molar-refractivity contribution is 0.412. The van der Waals surface area contributed by atoms with Gasteiger partial charge in [-0.15, -0.1) is 0 Å². The Morgan fingerprint density at radius 2 is 1.50 bits per heavy atom. The van der Waals surface area contributed by atoms with Crippen molar-refractivity contribution in [3.05, 3.63) is 48.0 Å². The van der Waals surface area contributed by atoms with E-state index in [1.165, 1.54) is 0 Å². The summed E-state index contributed by atoms with van der Waals surface area (Å²) in [7, 11) is 3.34. The molecule has 18 heavy (non-hydrogen) atoms. The van der Waals surface area contributed by atoms with Gasteiger partial charge >= 0.3 is 0 Å². The van der Waals surface area contributed by atoms with Crippen molar-refractivity contribution < 1.29 is 9.47 Å². The van der Waals surface area contributed by atoms with Gasteiger partial charge in [-0.3, -0.25) is 0 Å². The summed E-state index contributed by atoms with van der Waals surface area (Å²) in [4.78, 5) is 0. The summed E-state index contributed by atoms with van der Waals surface area (Å²) >= 11 is 0. The van der Waals surface area contributed by atoms with Crippen LogP contribution in [0.2, 0.25) is 0 Å². The van der Waals surface area contributed by atoms with E-state index in [2.05, 4.69) is 11.4 Å². The molecule has 0 amide bonds. The summed E-state index contributed by atoms with van der Waals surface area (Å²) in [6.07, 6.45) is 0. The van der Waals surface area contributed by atoms with E-state index in [4.69, 9.17) is 9.47 Å². The van der Waals surface area contributed by atoms with Crippen LogP contribution in [0.5, 0.6) is 11.5 Å². The standard InChI is InChI=1S/C15H17NO2/c1-11-10-13(6-9-15(11)18-3)16-12-4-7-14(17-2)8-5-12/h4-10,16H,1-3H3. The SMILES string of the molecule is COc1ccc(Nc2ccc(OC)c(C)c2)cc1. The highest BCUT2D eigenvalue weighted by Crippen LogP contribution is 2.25. The Bertz CT molecular complexity index is 521. The van der Waals surface area contributed by atoms with Crippen LogP contribution in [0.3, 0.4) is 0 Å². The molecule has 0 aliphatic rings. The normalized spacial score (nSPS) is 9.94. The Labute approximate surface area is 107 Å². The van der Waals surface area contributed by atoms with Gasteiger partial charge in [-0.25, -0.2) is 0 Å². The zero-order valence-corrected chi connectivity index (χ0v) is 10.9. The fraction of sp³-hybridized carbons (Fsp3) is 0.200. The van der Waals surface area contributed by atoms with Gasteiger partial charge in [0.05, 0.1) is 14.2 Å². The van der Waals surface area contributed by atoms with Crippen molar-refractivity contribution in [1.82, 2.24) is 0 Å². The van der Waals surface area contributed by atoms with Crippen molar-refractivity contribution in [2.45, 2.75) is 6.92 Å². The van der Waals surface area contributed by atoms with E-state index in [1.54, 1.807) is 14.2 Å². The van der Waals surface area contributed by atoms with Crippen LogP contribution in [0.1, 0.15) is 5.56 Å². The van der Waals surface area contributed by atoms with Gasteiger partial charge < -0.3 is 14.8 Å². The molecule has 0 aliphatic carbocycles. The maximum absolute atomic E-state index is 5.24. The second kappa shape index (κ2) is 5.45. The number of benzene rings is 2. The zero-order chi connectivity index (χ0) is 13.0. The zero-order valence-electron chi connectivity index (χ0n) is 10.9. The Hall–Kier alpha value is -2.16. The van der Waals surface area contributed by atoms with E-state index in [0.29, 0.717) is 0 Å². The number of hydrogen-bond acceptors (Lipinski definition) is 3. The lowest BCUT2D eigenvalue weighted by atomic mass is 10.2. The van der Waals surface area contributed by atoms with Gasteiger partial charge in [0.1, 0.15) is 11.5 Å². The van der Waals surface area contributed by atoms with Gasteiger partial charge in [0.15, 0.2) is 0 Å². The van der Waals surface area contributed by atoms with E-state index >= 15 is 0 Å². The molecule has 0 radical (unpaired) electrons. The first kappa shape index (κ1) is 12.3. The molecule has 94 valence electrons. The highest BCUT2D eigenvalue weighted by molar-refractivity contribution is 5.62. The molecular weight excluding hydrogens is 226 g/mol. The first-order valence-corrected chi connectivity index (χ1v) is 5.78. The number of rotatable bonds is 4. The van der Waals surface area contributed by atoms with Crippen molar-refractivity contribution in [3.63, 3.8) is 0 Å². The third-order valence-corrected chi connectivity index (χ3v) is 2.77. The fourth-order valence-corrected chi connectivity index (χ4v) is 1.80. The second-order valence-electron chi connectivity index (χ2n) is 4.04. The molecular formula is C15H17NO2. The number of nitrogens with one attached hydrogen (secondary N) is 1. The average Bonchev–Trinajstić information content (AvgIpc) is 2.40. The van der Waals surface area contributed by atoms with Crippen LogP contribution in [0.4, 0.5) is 11.4 Å². The molecule has 1 N–H and O–H groups in total. The average molecular weight is 243 g/mol. The topological polar surface area (TPSA) is 30.5 Å². The van der Waals surface area contributed by atoms with Crippen LogP contribution >= 0.6 is 0 Å². The quantitative estimate of drug-likeness (QED) is 0.887. The van der Waals surface area contributed by atoms with Gasteiger partial charge in [-0.05, 0) is 55.0 Å². The fourth-order valence-electron chi connectivity index (χ4n) is 1.80. The van der Waals surface area contributed by atoms with Crippen LogP contribution in [-0.2, 0) is 0 Å². The van der Waals surface area contributed by atoms with E-state index in [9.17, 15) is 0 Å². The van der Waals surface area contributed by atoms with E-state index in [-0.39, 0.29) is 0 Å². The summed E-state index contributed by atoms with van der Waals surface area (Å²) in [6, 6.07) is 13.8. The Morgan fingerprint density at radius 1 is 0.833 bits per heavy atom. The number of methoxy groups -OCH3 is 2. The van der Waals surface area contributed by atoms with Crippen molar-refractivity contribution in [1.29, 1.82) is 0 Å². The first-order valence-electron chi connectivity index (χ1n) is 5.78. The van der Waals surface area contributed by atoms with Crippen LogP contribution < -0.4 is 14.8 Å². The molecule has 0 atom stereocenters. The second-order valence-corrected chi connectivity index (χ2v) is 4.04. The number of aryl methyl sites for hydroxylation is 1. The Balaban J connectivity index is 2.15. The first-order chi connectivity index (χ1) is 8.72. The minimum Gasteiger partial charge on any atom is -0.497 e. The lowest BCUT2D eigenvalue weighted by Gasteiger charge is -2.10. The molecule has 3 nitrogen and oxygen atoms in total. The summed E-state index contributed by atoms with van der Waals surface area (Å²) in [5.74, 6) is 1.75. The van der Waals surface area contributed by atoms with Crippen molar-refractivity contribution >= 4 is 11.4 Å². The van der Waals surface area contributed by atoms with Gasteiger partial charge in [0, 0.05) is 11.4 Å². The maximum atomic E-state index is 5.24. The molecule has 0 bridgehead atoms.